The van der Waals surface area contributed by atoms with Crippen LogP contribution in [0, 0.1) is 20.2 Å². The van der Waals surface area contributed by atoms with Gasteiger partial charge in [0.2, 0.25) is 0 Å². The van der Waals surface area contributed by atoms with Crippen LogP contribution in [0.2, 0.25) is 0 Å². The van der Waals surface area contributed by atoms with Crippen LogP contribution in [0.3, 0.4) is 0 Å². The SMILES string of the molecule is COc1ccc([N+](=O)[O-])cc1OCC(Oc1cc([N+](=O)[O-])ccc1OC)N1CCOCC1. The molecule has 0 spiro atoms. The van der Waals surface area contributed by atoms with E-state index in [2.05, 4.69) is 0 Å². The maximum atomic E-state index is 11.2. The number of non-ortho nitro benzene ring substituents is 2. The smallest absolute Gasteiger partial charge is 0.273 e. The van der Waals surface area contributed by atoms with E-state index in [1.807, 2.05) is 4.90 Å². The molecule has 0 N–H and O–H groups in total. The van der Waals surface area contributed by atoms with Crippen LogP contribution >= 0.6 is 0 Å². The van der Waals surface area contributed by atoms with Crippen LogP contribution in [-0.4, -0.2) is 68.1 Å². The van der Waals surface area contributed by atoms with Crippen LogP contribution in [0.5, 0.6) is 23.0 Å². The Kier molecular flexibility index (Phi) is 7.63. The van der Waals surface area contributed by atoms with Crippen molar-refractivity contribution in [3.8, 4) is 23.0 Å². The lowest BCUT2D eigenvalue weighted by Crippen LogP contribution is -2.49. The summed E-state index contributed by atoms with van der Waals surface area (Å²) >= 11 is 0. The molecule has 32 heavy (non-hydrogen) atoms. The van der Waals surface area contributed by atoms with Crippen molar-refractivity contribution in [2.75, 3.05) is 47.1 Å². The highest BCUT2D eigenvalue weighted by Crippen LogP contribution is 2.34. The highest BCUT2D eigenvalue weighted by Gasteiger charge is 2.26. The van der Waals surface area contributed by atoms with Gasteiger partial charge in [-0.05, 0) is 12.1 Å². The molecule has 1 unspecified atom stereocenters. The quantitative estimate of drug-likeness (QED) is 0.393. The number of hydrogen-bond donors (Lipinski definition) is 0. The average Bonchev–Trinajstić information content (AvgIpc) is 2.81. The Hall–Kier alpha value is -3.64. The van der Waals surface area contributed by atoms with Gasteiger partial charge in [-0.2, -0.15) is 0 Å². The predicted octanol–water partition coefficient (Wildman–Crippen LogP) is 2.64. The van der Waals surface area contributed by atoms with Gasteiger partial charge in [0.25, 0.3) is 11.4 Å². The van der Waals surface area contributed by atoms with Crippen LogP contribution < -0.4 is 18.9 Å². The molecule has 1 heterocycles. The first-order valence-corrected chi connectivity index (χ1v) is 9.69. The van der Waals surface area contributed by atoms with Crippen LogP contribution in [0.4, 0.5) is 11.4 Å². The predicted molar refractivity (Wildman–Crippen MR) is 112 cm³/mol. The average molecular weight is 449 g/mol. The number of nitro groups is 2. The molecule has 1 aliphatic rings. The van der Waals surface area contributed by atoms with E-state index < -0.39 is 16.1 Å². The highest BCUT2D eigenvalue weighted by atomic mass is 16.6. The van der Waals surface area contributed by atoms with Crippen LogP contribution in [0.1, 0.15) is 0 Å². The Morgan fingerprint density at radius 2 is 1.44 bits per heavy atom. The summed E-state index contributed by atoms with van der Waals surface area (Å²) in [5.74, 6) is 0.994. The van der Waals surface area contributed by atoms with Crippen LogP contribution in [0.15, 0.2) is 36.4 Å². The fraction of sp³-hybridized carbons (Fsp3) is 0.400. The van der Waals surface area contributed by atoms with E-state index in [9.17, 15) is 20.2 Å². The van der Waals surface area contributed by atoms with Crippen molar-refractivity contribution in [2.45, 2.75) is 6.23 Å². The standard InChI is InChI=1S/C20H23N3O9/c1-28-16-5-3-14(22(24)25)11-18(16)31-13-20(21-7-9-30-10-8-21)32-19-12-15(23(26)27)4-6-17(19)29-2/h3-6,11-12,20H,7-10,13H2,1-2H3. The number of methoxy groups -OCH3 is 2. The molecule has 12 heteroatoms. The van der Waals surface area contributed by atoms with Gasteiger partial charge in [-0.1, -0.05) is 0 Å². The van der Waals surface area contributed by atoms with Crippen molar-refractivity contribution < 1.29 is 33.5 Å². The minimum Gasteiger partial charge on any atom is -0.493 e. The van der Waals surface area contributed by atoms with Crippen molar-refractivity contribution >= 4 is 11.4 Å². The molecular weight excluding hydrogens is 426 g/mol. The topological polar surface area (TPSA) is 136 Å². The summed E-state index contributed by atoms with van der Waals surface area (Å²) in [4.78, 5) is 23.2. The summed E-state index contributed by atoms with van der Waals surface area (Å²) in [6.07, 6.45) is -0.682. The number of nitro benzene ring substituents is 2. The van der Waals surface area contributed by atoms with E-state index in [0.717, 1.165) is 0 Å². The third kappa shape index (κ3) is 5.53. The Morgan fingerprint density at radius 3 is 1.97 bits per heavy atom. The molecule has 1 saturated heterocycles. The number of benzene rings is 2. The zero-order valence-electron chi connectivity index (χ0n) is 17.6. The zero-order chi connectivity index (χ0) is 23.1. The number of rotatable bonds is 10. The second kappa shape index (κ2) is 10.6. The van der Waals surface area contributed by atoms with Gasteiger partial charge in [0.15, 0.2) is 29.2 Å². The summed E-state index contributed by atoms with van der Waals surface area (Å²) in [6, 6.07) is 8.08. The van der Waals surface area contributed by atoms with Gasteiger partial charge in [0.05, 0.1) is 49.4 Å². The molecule has 0 saturated carbocycles. The first-order chi connectivity index (χ1) is 15.4. The summed E-state index contributed by atoms with van der Waals surface area (Å²) in [5, 5.41) is 22.3. The van der Waals surface area contributed by atoms with Gasteiger partial charge >= 0.3 is 0 Å². The number of ether oxygens (including phenoxy) is 5. The molecule has 0 amide bonds. The van der Waals surface area contributed by atoms with E-state index in [1.165, 1.54) is 50.6 Å². The summed E-state index contributed by atoms with van der Waals surface area (Å²) < 4.78 is 27.8. The normalized spacial score (nSPS) is 14.9. The zero-order valence-corrected chi connectivity index (χ0v) is 17.6. The van der Waals surface area contributed by atoms with E-state index in [-0.39, 0.29) is 29.5 Å². The van der Waals surface area contributed by atoms with Crippen LogP contribution in [-0.2, 0) is 4.74 Å². The van der Waals surface area contributed by atoms with E-state index in [0.29, 0.717) is 37.8 Å². The van der Waals surface area contributed by atoms with Crippen molar-refractivity contribution in [3.63, 3.8) is 0 Å². The van der Waals surface area contributed by atoms with E-state index in [4.69, 9.17) is 23.7 Å². The third-order valence-corrected chi connectivity index (χ3v) is 4.81. The van der Waals surface area contributed by atoms with Crippen molar-refractivity contribution in [1.82, 2.24) is 4.90 Å². The molecule has 1 fully saturated rings. The molecule has 0 bridgehead atoms. The maximum absolute atomic E-state index is 11.2. The summed E-state index contributed by atoms with van der Waals surface area (Å²) in [5.41, 5.74) is -0.298. The second-order valence-electron chi connectivity index (χ2n) is 6.72. The second-order valence-corrected chi connectivity index (χ2v) is 6.72. The third-order valence-electron chi connectivity index (χ3n) is 4.81. The molecule has 0 radical (unpaired) electrons. The van der Waals surface area contributed by atoms with Crippen LogP contribution in [0.25, 0.3) is 0 Å². The summed E-state index contributed by atoms with van der Waals surface area (Å²) in [7, 11) is 2.86. The fourth-order valence-electron chi connectivity index (χ4n) is 3.15. The van der Waals surface area contributed by atoms with Gasteiger partial charge in [-0.15, -0.1) is 0 Å². The van der Waals surface area contributed by atoms with Gasteiger partial charge in [-0.25, -0.2) is 0 Å². The minimum atomic E-state index is -0.682. The molecular formula is C20H23N3O9. The molecule has 1 atom stereocenters. The first-order valence-electron chi connectivity index (χ1n) is 9.69. The Bertz CT molecular complexity index is 963. The van der Waals surface area contributed by atoms with Crippen molar-refractivity contribution in [2.24, 2.45) is 0 Å². The number of hydrogen-bond acceptors (Lipinski definition) is 10. The molecule has 1 aliphatic heterocycles. The largest absolute Gasteiger partial charge is 0.493 e. The lowest BCUT2D eigenvalue weighted by molar-refractivity contribution is -0.385. The van der Waals surface area contributed by atoms with Gasteiger partial charge in [0, 0.05) is 25.2 Å². The molecule has 0 aromatic heterocycles. The lowest BCUT2D eigenvalue weighted by Gasteiger charge is -2.34. The van der Waals surface area contributed by atoms with Gasteiger partial charge in [-0.3, -0.25) is 25.1 Å². The number of nitrogens with zero attached hydrogens (tertiary/aromatic N) is 3. The molecule has 172 valence electrons. The highest BCUT2D eigenvalue weighted by molar-refractivity contribution is 5.49. The Labute approximate surface area is 183 Å². The Balaban J connectivity index is 1.86. The monoisotopic (exact) mass is 449 g/mol. The lowest BCUT2D eigenvalue weighted by atomic mass is 10.2. The van der Waals surface area contributed by atoms with Gasteiger partial charge in [0.1, 0.15) is 6.61 Å². The van der Waals surface area contributed by atoms with Crippen molar-refractivity contribution in [3.05, 3.63) is 56.6 Å². The molecule has 12 nitrogen and oxygen atoms in total. The van der Waals surface area contributed by atoms with Crippen molar-refractivity contribution in [1.29, 1.82) is 0 Å². The van der Waals surface area contributed by atoms with E-state index >= 15 is 0 Å². The van der Waals surface area contributed by atoms with E-state index in [1.54, 1.807) is 0 Å². The molecule has 3 rings (SSSR count). The van der Waals surface area contributed by atoms with Gasteiger partial charge < -0.3 is 23.7 Å². The fourth-order valence-corrected chi connectivity index (χ4v) is 3.15. The maximum Gasteiger partial charge on any atom is 0.273 e. The molecule has 2 aromatic rings. The number of morpholine rings is 1. The molecule has 0 aliphatic carbocycles. The molecule has 2 aromatic carbocycles. The Morgan fingerprint density at radius 1 is 0.906 bits per heavy atom. The minimum absolute atomic E-state index is 0.0383. The first kappa shape index (κ1) is 23.0. The summed E-state index contributed by atoms with van der Waals surface area (Å²) in [6.45, 7) is 2.00.